The van der Waals surface area contributed by atoms with E-state index in [0.29, 0.717) is 0 Å². The van der Waals surface area contributed by atoms with Gasteiger partial charge in [-0.15, -0.1) is 0 Å². The summed E-state index contributed by atoms with van der Waals surface area (Å²) in [7, 11) is 6.00. The van der Waals surface area contributed by atoms with E-state index in [1.54, 1.807) is 0 Å². The first-order valence-electron chi connectivity index (χ1n) is 2.15. The molecule has 0 radical (unpaired) electrons. The van der Waals surface area contributed by atoms with Crippen LogP contribution in [-0.4, -0.2) is 32.3 Å². The molecule has 0 atom stereocenters. The van der Waals surface area contributed by atoms with E-state index in [4.69, 9.17) is 4.79 Å². The molecule has 0 fully saturated rings. The minimum atomic E-state index is 0. The highest BCUT2D eigenvalue weighted by molar-refractivity contribution is 5.44. The van der Waals surface area contributed by atoms with E-state index in [9.17, 15) is 0 Å². The molecule has 2 heteroatoms. The fourth-order valence-corrected chi connectivity index (χ4v) is 0. The van der Waals surface area contributed by atoms with Crippen molar-refractivity contribution >= 4 is 6.29 Å². The summed E-state index contributed by atoms with van der Waals surface area (Å²) < 4.78 is 0. The molecule has 0 aromatic rings. The van der Waals surface area contributed by atoms with Crippen LogP contribution in [0.15, 0.2) is 0 Å². The van der Waals surface area contributed by atoms with Gasteiger partial charge in [-0.3, -0.25) is 0 Å². The van der Waals surface area contributed by atoms with Crippen molar-refractivity contribution < 1.29 is 4.79 Å². The number of carbonyl (C=O) groups excluding carboxylic acids is 1. The van der Waals surface area contributed by atoms with E-state index in [1.807, 2.05) is 26.0 Å². The Morgan fingerprint density at radius 2 is 1.25 bits per heavy atom. The Morgan fingerprint density at radius 1 is 1.25 bits per heavy atom. The van der Waals surface area contributed by atoms with E-state index in [-0.39, 0.29) is 7.43 Å². The number of hydrogen-bond acceptors (Lipinski definition) is 2. The average molecular weight is 119 g/mol. The molecule has 0 saturated heterocycles. The molecule has 2 nitrogen and oxygen atoms in total. The predicted molar refractivity (Wildman–Crippen MR) is 38.1 cm³/mol. The van der Waals surface area contributed by atoms with Crippen LogP contribution in [0.5, 0.6) is 0 Å². The van der Waals surface area contributed by atoms with Crippen LogP contribution in [0.3, 0.4) is 0 Å². The zero-order valence-electron chi connectivity index (χ0n) is 5.43. The van der Waals surface area contributed by atoms with Crippen LogP contribution in [0.4, 0.5) is 0 Å². The van der Waals surface area contributed by atoms with Gasteiger partial charge in [0.25, 0.3) is 0 Å². The first kappa shape index (κ1) is 15.6. The second-order valence-electron chi connectivity index (χ2n) is 1.58. The lowest BCUT2D eigenvalue weighted by Gasteiger charge is -1.90. The molecule has 0 rings (SSSR count). The van der Waals surface area contributed by atoms with Crippen molar-refractivity contribution in [3.63, 3.8) is 0 Å². The predicted octanol–water partition coefficient (Wildman–Crippen LogP) is 1.02. The minimum Gasteiger partial charge on any atom is -0.312 e. The minimum absolute atomic E-state index is 0. The van der Waals surface area contributed by atoms with Crippen molar-refractivity contribution in [1.82, 2.24) is 4.90 Å². The lowest BCUT2D eigenvalue weighted by atomic mass is 11.0. The summed E-state index contributed by atoms with van der Waals surface area (Å²) in [6, 6.07) is 0. The van der Waals surface area contributed by atoms with E-state index >= 15 is 0 Å². The van der Waals surface area contributed by atoms with Crippen LogP contribution in [0, 0.1) is 0 Å². The summed E-state index contributed by atoms with van der Waals surface area (Å²) in [5.74, 6) is 0. The zero-order valence-corrected chi connectivity index (χ0v) is 5.43. The van der Waals surface area contributed by atoms with Crippen molar-refractivity contribution in [2.45, 2.75) is 14.4 Å². The normalized spacial score (nSPS) is 6.12. The number of carbonyl (C=O) groups is 1. The molecule has 0 N–H and O–H groups in total. The average Bonchev–Trinajstić information content (AvgIpc) is 1.33. The molecule has 0 heterocycles. The largest absolute Gasteiger partial charge is 0.312 e. The molecule has 0 aromatic heterocycles. The van der Waals surface area contributed by atoms with Crippen molar-refractivity contribution in [1.29, 1.82) is 0 Å². The van der Waals surface area contributed by atoms with Crippen molar-refractivity contribution in [2.24, 2.45) is 0 Å². The Bertz CT molecular complexity index is 32.8. The third kappa shape index (κ3) is 882. The lowest BCUT2D eigenvalue weighted by Crippen LogP contribution is -1.99. The van der Waals surface area contributed by atoms with E-state index < -0.39 is 0 Å². The topological polar surface area (TPSA) is 20.3 Å². The SMILES string of the molecule is C.CC=O.CN(C)C. The first-order chi connectivity index (χ1) is 3.15. The van der Waals surface area contributed by atoms with E-state index in [1.165, 1.54) is 6.92 Å². The zero-order chi connectivity index (χ0) is 6.28. The fourth-order valence-electron chi connectivity index (χ4n) is 0. The summed E-state index contributed by atoms with van der Waals surface area (Å²) in [4.78, 5) is 10.8. The van der Waals surface area contributed by atoms with Gasteiger partial charge >= 0.3 is 0 Å². The van der Waals surface area contributed by atoms with E-state index in [2.05, 4.69) is 0 Å². The molecule has 0 aliphatic rings. The second-order valence-corrected chi connectivity index (χ2v) is 1.58. The molecular weight excluding hydrogens is 102 g/mol. The number of aldehydes is 1. The Kier molecular flexibility index (Phi) is 31.2. The molecule has 0 spiro atoms. The van der Waals surface area contributed by atoms with Gasteiger partial charge in [0.2, 0.25) is 0 Å². The Hall–Kier alpha value is -0.370. The van der Waals surface area contributed by atoms with Gasteiger partial charge in [0.05, 0.1) is 0 Å². The molecule has 0 aromatic carbocycles. The van der Waals surface area contributed by atoms with Crippen LogP contribution in [-0.2, 0) is 4.79 Å². The summed E-state index contributed by atoms with van der Waals surface area (Å²) in [5.41, 5.74) is 0. The highest BCUT2D eigenvalue weighted by atomic mass is 16.1. The van der Waals surface area contributed by atoms with Gasteiger partial charge in [0, 0.05) is 0 Å². The third-order valence-electron chi connectivity index (χ3n) is 0. The van der Waals surface area contributed by atoms with Crippen LogP contribution in [0.1, 0.15) is 14.4 Å². The van der Waals surface area contributed by atoms with Crippen LogP contribution < -0.4 is 0 Å². The first-order valence-corrected chi connectivity index (χ1v) is 2.15. The maximum atomic E-state index is 8.81. The van der Waals surface area contributed by atoms with Gasteiger partial charge in [-0.1, -0.05) is 7.43 Å². The second kappa shape index (κ2) is 15.9. The van der Waals surface area contributed by atoms with Crippen molar-refractivity contribution in [3.05, 3.63) is 0 Å². The van der Waals surface area contributed by atoms with Crippen molar-refractivity contribution in [3.8, 4) is 0 Å². The van der Waals surface area contributed by atoms with Gasteiger partial charge in [-0.25, -0.2) is 0 Å². The molecule has 52 valence electrons. The smallest absolute Gasteiger partial charge is 0.116 e. The molecule has 0 aliphatic carbocycles. The highest BCUT2D eigenvalue weighted by Crippen LogP contribution is 1.47. The summed E-state index contributed by atoms with van der Waals surface area (Å²) in [6.07, 6.45) is 0.750. The van der Waals surface area contributed by atoms with Gasteiger partial charge < -0.3 is 9.69 Å². The Labute approximate surface area is 52.5 Å². The monoisotopic (exact) mass is 119 g/mol. The molecule has 0 saturated carbocycles. The van der Waals surface area contributed by atoms with Crippen molar-refractivity contribution in [2.75, 3.05) is 21.1 Å². The van der Waals surface area contributed by atoms with Gasteiger partial charge in [-0.2, -0.15) is 0 Å². The maximum Gasteiger partial charge on any atom is 0.116 e. The molecule has 8 heavy (non-hydrogen) atoms. The van der Waals surface area contributed by atoms with Crippen LogP contribution >= 0.6 is 0 Å². The molecule has 0 unspecified atom stereocenters. The Morgan fingerprint density at radius 3 is 1.25 bits per heavy atom. The van der Waals surface area contributed by atoms with Gasteiger partial charge in [0.1, 0.15) is 6.29 Å². The molecule has 0 bridgehead atoms. The third-order valence-corrected chi connectivity index (χ3v) is 0. The Balaban J connectivity index is -0.0000000575. The number of nitrogens with zero attached hydrogens (tertiary/aromatic N) is 1. The standard InChI is InChI=1S/C3H9N.C2H4O.CH4/c1-4(2)3;1-2-3;/h1-3H3;2H,1H3;1H4. The fraction of sp³-hybridized carbons (Fsp3) is 0.833. The highest BCUT2D eigenvalue weighted by Gasteiger charge is 1.58. The van der Waals surface area contributed by atoms with Gasteiger partial charge in [0.15, 0.2) is 0 Å². The quantitative estimate of drug-likeness (QED) is 0.444. The summed E-state index contributed by atoms with van der Waals surface area (Å²) in [6.45, 7) is 1.44. The molecule has 0 amide bonds. The van der Waals surface area contributed by atoms with Crippen LogP contribution in [0.2, 0.25) is 0 Å². The summed E-state index contributed by atoms with van der Waals surface area (Å²) in [5, 5.41) is 0. The molecular formula is C6H17NO. The van der Waals surface area contributed by atoms with Crippen LogP contribution in [0.25, 0.3) is 0 Å². The number of hydrogen-bond donors (Lipinski definition) is 0. The van der Waals surface area contributed by atoms with E-state index in [0.717, 1.165) is 6.29 Å². The summed E-state index contributed by atoms with van der Waals surface area (Å²) >= 11 is 0. The molecule has 0 aliphatic heterocycles. The lowest BCUT2D eigenvalue weighted by molar-refractivity contribution is -0.106. The maximum absolute atomic E-state index is 8.81. The van der Waals surface area contributed by atoms with Gasteiger partial charge in [-0.05, 0) is 28.1 Å². The number of rotatable bonds is 0.